The number of hydrogen-bond donors (Lipinski definition) is 0. The summed E-state index contributed by atoms with van der Waals surface area (Å²) >= 11 is 5.70. The Balaban J connectivity index is 2.28. The molecule has 1 aromatic rings. The van der Waals surface area contributed by atoms with Crippen LogP contribution in [0.4, 0.5) is 8.78 Å². The molecule has 5 heteroatoms. The number of alkyl halides is 1. The molecular formula is C14H16ClF2NO. The summed E-state index contributed by atoms with van der Waals surface area (Å²) in [5.41, 5.74) is -0.473. The normalized spacial score (nSPS) is 15.7. The second-order valence-corrected chi connectivity index (χ2v) is 5.10. The predicted octanol–water partition coefficient (Wildman–Crippen LogP) is 3.59. The van der Waals surface area contributed by atoms with Crippen LogP contribution in [0, 0.1) is 11.6 Å². The highest BCUT2D eigenvalue weighted by Crippen LogP contribution is 2.26. The molecule has 0 bridgehead atoms. The van der Waals surface area contributed by atoms with Gasteiger partial charge >= 0.3 is 0 Å². The first-order chi connectivity index (χ1) is 9.15. The number of hydrogen-bond acceptors (Lipinski definition) is 1. The van der Waals surface area contributed by atoms with Gasteiger partial charge in [-0.05, 0) is 25.0 Å². The minimum absolute atomic E-state index is 0.0465. The van der Waals surface area contributed by atoms with Crippen molar-refractivity contribution in [3.63, 3.8) is 0 Å². The largest absolute Gasteiger partial charge is 0.334 e. The van der Waals surface area contributed by atoms with Crippen LogP contribution in [0.15, 0.2) is 18.2 Å². The molecule has 2 nitrogen and oxygen atoms in total. The number of rotatable bonds is 4. The number of nitrogens with zero attached hydrogens (tertiary/aromatic N) is 1. The van der Waals surface area contributed by atoms with Crippen molar-refractivity contribution in [2.24, 2.45) is 0 Å². The topological polar surface area (TPSA) is 20.3 Å². The molecular weight excluding hydrogens is 272 g/mol. The van der Waals surface area contributed by atoms with Crippen molar-refractivity contribution >= 4 is 17.5 Å². The Hall–Kier alpha value is -1.16. The number of halogens is 3. The highest BCUT2D eigenvalue weighted by Gasteiger charge is 2.30. The van der Waals surface area contributed by atoms with Crippen LogP contribution in [0.1, 0.15) is 36.0 Å². The van der Waals surface area contributed by atoms with Gasteiger partial charge in [-0.15, -0.1) is 11.6 Å². The molecule has 1 saturated carbocycles. The minimum Gasteiger partial charge on any atom is -0.334 e. The van der Waals surface area contributed by atoms with E-state index >= 15 is 0 Å². The molecule has 104 valence electrons. The van der Waals surface area contributed by atoms with Crippen molar-refractivity contribution < 1.29 is 13.6 Å². The molecule has 0 saturated heterocycles. The molecule has 2 rings (SSSR count). The molecule has 0 heterocycles. The van der Waals surface area contributed by atoms with E-state index in [0.29, 0.717) is 6.54 Å². The van der Waals surface area contributed by atoms with Gasteiger partial charge in [-0.2, -0.15) is 0 Å². The van der Waals surface area contributed by atoms with Crippen molar-refractivity contribution in [3.05, 3.63) is 35.4 Å². The lowest BCUT2D eigenvalue weighted by molar-refractivity contribution is 0.0685. The van der Waals surface area contributed by atoms with Crippen LogP contribution in [-0.4, -0.2) is 29.3 Å². The zero-order chi connectivity index (χ0) is 13.8. The van der Waals surface area contributed by atoms with Crippen LogP contribution in [0.25, 0.3) is 0 Å². The Morgan fingerprint density at radius 2 is 1.84 bits per heavy atom. The summed E-state index contributed by atoms with van der Waals surface area (Å²) in [6, 6.07) is 3.50. The first kappa shape index (κ1) is 14.3. The molecule has 1 amide bonds. The highest BCUT2D eigenvalue weighted by molar-refractivity contribution is 6.18. The van der Waals surface area contributed by atoms with Gasteiger partial charge in [0, 0.05) is 18.5 Å². The first-order valence-corrected chi connectivity index (χ1v) is 6.99. The molecule has 1 aromatic carbocycles. The van der Waals surface area contributed by atoms with Gasteiger partial charge in [-0.3, -0.25) is 4.79 Å². The lowest BCUT2D eigenvalue weighted by Gasteiger charge is -2.28. The summed E-state index contributed by atoms with van der Waals surface area (Å²) in [5, 5.41) is 0. The Labute approximate surface area is 116 Å². The maximum atomic E-state index is 13.7. The van der Waals surface area contributed by atoms with Gasteiger partial charge in [-0.25, -0.2) is 8.78 Å². The fourth-order valence-electron chi connectivity index (χ4n) is 2.60. The third-order valence-corrected chi connectivity index (χ3v) is 3.70. The molecule has 1 aliphatic rings. The fourth-order valence-corrected chi connectivity index (χ4v) is 2.78. The second-order valence-electron chi connectivity index (χ2n) is 4.72. The van der Waals surface area contributed by atoms with E-state index in [9.17, 15) is 13.6 Å². The van der Waals surface area contributed by atoms with E-state index in [4.69, 9.17) is 11.6 Å². The minimum atomic E-state index is -0.817. The van der Waals surface area contributed by atoms with E-state index < -0.39 is 23.1 Å². The summed E-state index contributed by atoms with van der Waals surface area (Å²) in [7, 11) is 0. The SMILES string of the molecule is O=C(c1c(F)cccc1F)N(CCCl)C1CCCC1. The molecule has 1 fully saturated rings. The van der Waals surface area contributed by atoms with Gasteiger partial charge in [0.2, 0.25) is 0 Å². The lowest BCUT2D eigenvalue weighted by atomic mass is 10.1. The highest BCUT2D eigenvalue weighted by atomic mass is 35.5. The molecule has 0 spiro atoms. The Morgan fingerprint density at radius 1 is 1.26 bits per heavy atom. The number of benzene rings is 1. The van der Waals surface area contributed by atoms with Crippen LogP contribution >= 0.6 is 11.6 Å². The molecule has 0 unspecified atom stereocenters. The lowest BCUT2D eigenvalue weighted by Crippen LogP contribution is -2.41. The average molecular weight is 288 g/mol. The maximum absolute atomic E-state index is 13.7. The summed E-state index contributed by atoms with van der Waals surface area (Å²) in [6.07, 6.45) is 3.82. The maximum Gasteiger partial charge on any atom is 0.260 e. The van der Waals surface area contributed by atoms with E-state index in [2.05, 4.69) is 0 Å². The fraction of sp³-hybridized carbons (Fsp3) is 0.500. The molecule has 0 atom stereocenters. The standard InChI is InChI=1S/C14H16ClF2NO/c15-8-9-18(10-4-1-2-5-10)14(19)13-11(16)6-3-7-12(13)17/h3,6-7,10H,1-2,4-5,8-9H2. The zero-order valence-corrected chi connectivity index (χ0v) is 11.3. The predicted molar refractivity (Wildman–Crippen MR) is 70.4 cm³/mol. The van der Waals surface area contributed by atoms with E-state index in [1.165, 1.54) is 11.0 Å². The number of carbonyl (C=O) groups is 1. The van der Waals surface area contributed by atoms with Crippen LogP contribution < -0.4 is 0 Å². The summed E-state index contributed by atoms with van der Waals surface area (Å²) in [5.74, 6) is -1.97. The van der Waals surface area contributed by atoms with Gasteiger partial charge in [0.15, 0.2) is 0 Å². The molecule has 0 aliphatic heterocycles. The smallest absolute Gasteiger partial charge is 0.260 e. The van der Waals surface area contributed by atoms with Crippen molar-refractivity contribution in [2.45, 2.75) is 31.7 Å². The number of amides is 1. The van der Waals surface area contributed by atoms with Crippen molar-refractivity contribution in [1.82, 2.24) is 4.90 Å². The molecule has 0 aromatic heterocycles. The van der Waals surface area contributed by atoms with E-state index in [1.54, 1.807) is 0 Å². The van der Waals surface area contributed by atoms with E-state index in [0.717, 1.165) is 37.8 Å². The van der Waals surface area contributed by atoms with Gasteiger partial charge < -0.3 is 4.90 Å². The Morgan fingerprint density at radius 3 is 2.37 bits per heavy atom. The van der Waals surface area contributed by atoms with Crippen LogP contribution in [0.3, 0.4) is 0 Å². The summed E-state index contributed by atoms with van der Waals surface area (Å²) < 4.78 is 27.3. The van der Waals surface area contributed by atoms with E-state index in [1.807, 2.05) is 0 Å². The van der Waals surface area contributed by atoms with E-state index in [-0.39, 0.29) is 11.9 Å². The summed E-state index contributed by atoms with van der Waals surface area (Å²) in [4.78, 5) is 13.9. The molecule has 1 aliphatic carbocycles. The van der Waals surface area contributed by atoms with Crippen LogP contribution in [0.2, 0.25) is 0 Å². The monoisotopic (exact) mass is 287 g/mol. The number of carbonyl (C=O) groups excluding carboxylic acids is 1. The van der Waals surface area contributed by atoms with Crippen LogP contribution in [-0.2, 0) is 0 Å². The van der Waals surface area contributed by atoms with Gasteiger partial charge in [0.05, 0.1) is 0 Å². The third-order valence-electron chi connectivity index (χ3n) is 3.53. The Kier molecular flexibility index (Phi) is 4.75. The summed E-state index contributed by atoms with van der Waals surface area (Å²) in [6.45, 7) is 0.318. The first-order valence-electron chi connectivity index (χ1n) is 6.46. The van der Waals surface area contributed by atoms with Crippen molar-refractivity contribution in [1.29, 1.82) is 0 Å². The quantitative estimate of drug-likeness (QED) is 0.775. The molecule has 0 N–H and O–H groups in total. The van der Waals surface area contributed by atoms with Crippen molar-refractivity contribution in [2.75, 3.05) is 12.4 Å². The third kappa shape index (κ3) is 3.06. The van der Waals surface area contributed by atoms with Crippen molar-refractivity contribution in [3.8, 4) is 0 Å². The van der Waals surface area contributed by atoms with Gasteiger partial charge in [-0.1, -0.05) is 18.9 Å². The second kappa shape index (κ2) is 6.33. The average Bonchev–Trinajstić information content (AvgIpc) is 2.89. The van der Waals surface area contributed by atoms with Gasteiger partial charge in [0.25, 0.3) is 5.91 Å². The zero-order valence-electron chi connectivity index (χ0n) is 10.5. The van der Waals surface area contributed by atoms with Crippen LogP contribution in [0.5, 0.6) is 0 Å². The van der Waals surface area contributed by atoms with Gasteiger partial charge in [0.1, 0.15) is 17.2 Å². The Bertz CT molecular complexity index is 441. The molecule has 0 radical (unpaired) electrons. The molecule has 19 heavy (non-hydrogen) atoms.